The summed E-state index contributed by atoms with van der Waals surface area (Å²) < 4.78 is 4.74. The number of H-pyrrole nitrogens is 1. The van der Waals surface area contributed by atoms with Gasteiger partial charge in [0.15, 0.2) is 0 Å². The Morgan fingerprint density at radius 2 is 2.09 bits per heavy atom. The Morgan fingerprint density at radius 1 is 1.55 bits per heavy atom. The maximum absolute atomic E-state index is 4.74. The zero-order valence-corrected chi connectivity index (χ0v) is 12.4. The molecule has 7 heteroatoms. The number of imidazole rings is 1. The monoisotopic (exact) mass is 532 g/mol. The van der Waals surface area contributed by atoms with Crippen LogP contribution < -0.4 is 4.74 Å². The number of hydrogen-bond acceptors (Lipinski definition) is 2. The molecule has 0 fully saturated rings. The number of rotatable bonds is 1. The van der Waals surface area contributed by atoms with Crippen LogP contribution in [0.4, 0.5) is 0 Å². The van der Waals surface area contributed by atoms with E-state index in [9.17, 15) is 0 Å². The molecule has 1 rings (SSSR count). The predicted octanol–water partition coefficient (Wildman–Crippen LogP) is 2.95. The zero-order chi connectivity index (χ0) is 8.69. The molecule has 0 bridgehead atoms. The van der Waals surface area contributed by atoms with E-state index in [0.717, 1.165) is 0 Å². The average molecular weight is 535 g/mol. The van der Waals surface area contributed by atoms with Gasteiger partial charge in [-0.2, -0.15) is 0 Å². The van der Waals surface area contributed by atoms with Gasteiger partial charge in [0.25, 0.3) is 0 Å². The van der Waals surface area contributed by atoms with Crippen LogP contribution in [0.3, 0.4) is 0 Å². The van der Waals surface area contributed by atoms with E-state index < -0.39 is 12.0 Å². The second-order valence-corrected chi connectivity index (χ2v) is 29.7. The van der Waals surface area contributed by atoms with Gasteiger partial charge in [-0.3, -0.25) is 0 Å². The van der Waals surface area contributed by atoms with Gasteiger partial charge in [-0.05, 0) is 0 Å². The Balaban J connectivity index is 0.000000218. The summed E-state index contributed by atoms with van der Waals surface area (Å²) in [4.78, 5) is 6.47. The van der Waals surface area contributed by atoms with Gasteiger partial charge in [0, 0.05) is 0 Å². The van der Waals surface area contributed by atoms with Crippen LogP contribution in [0.2, 0.25) is 0 Å². The summed E-state index contributed by atoms with van der Waals surface area (Å²) in [5, 5.41) is 0. The molecule has 0 saturated heterocycles. The maximum atomic E-state index is 4.74. The van der Waals surface area contributed by atoms with E-state index in [1.807, 2.05) is 0 Å². The number of aromatic nitrogens is 2. The normalized spacial score (nSPS) is 9.64. The van der Waals surface area contributed by atoms with Crippen LogP contribution in [-0.4, -0.2) is 17.1 Å². The molecule has 0 atom stereocenters. The second-order valence-electron chi connectivity index (χ2n) is 1.25. The molecule has 1 aromatic heterocycles. The molecule has 0 amide bonds. The molecule has 70 valence electrons. The molecule has 0 aliphatic rings. The molecule has 0 aliphatic heterocycles. The van der Waals surface area contributed by atoms with Crippen molar-refractivity contribution in [2.24, 2.45) is 0 Å². The van der Waals surface area contributed by atoms with Crippen molar-refractivity contribution >= 4 is 39.1 Å². The van der Waals surface area contributed by atoms with E-state index in [4.69, 9.17) is 4.74 Å². The van der Waals surface area contributed by atoms with Crippen LogP contribution in [0.1, 0.15) is 0 Å². The Morgan fingerprint density at radius 3 is 2.27 bits per heavy atom. The number of nitrogens with one attached hydrogen (secondary N) is 1. The first kappa shape index (κ1) is 12.2. The zero-order valence-electron chi connectivity index (χ0n) is 5.45. The van der Waals surface area contributed by atoms with E-state index >= 15 is 0 Å². The first-order valence-electron chi connectivity index (χ1n) is 2.30. The van der Waals surface area contributed by atoms with Gasteiger partial charge in [-0.25, -0.2) is 4.98 Å². The van der Waals surface area contributed by atoms with Crippen molar-refractivity contribution in [3.63, 3.8) is 0 Å². The predicted molar refractivity (Wildman–Crippen MR) is 51.9 cm³/mol. The Bertz CT molecular complexity index is 167. The molecule has 1 aromatic rings. The third-order valence-electron chi connectivity index (χ3n) is 0.693. The standard InChI is InChI=1S/C4H6N2O.Au.3BrH/c1-7-4-2-5-3-6-4;;;;/h2-3H,1H3,(H,5,6);;3*1H/q;+3;;;/p-3. The number of ether oxygens (including phenoxy) is 1. The first-order chi connectivity index (χ1) is 5.16. The van der Waals surface area contributed by atoms with Crippen molar-refractivity contribution in [1.82, 2.24) is 9.97 Å². The third kappa shape index (κ3) is 9.10. The number of methoxy groups -OCH3 is 1. The Labute approximate surface area is 90.3 Å². The molecule has 0 aliphatic carbocycles. The summed E-state index contributed by atoms with van der Waals surface area (Å²) in [6.07, 6.45) is 3.18. The fourth-order valence-electron chi connectivity index (χ4n) is 0.355. The molecule has 0 spiro atoms. The van der Waals surface area contributed by atoms with Gasteiger partial charge < -0.3 is 9.72 Å². The quantitative estimate of drug-likeness (QED) is 0.563. The number of halogens is 3. The molecule has 0 aromatic carbocycles. The molecular formula is C4H6AuBr3N2O. The molecule has 3 nitrogen and oxygen atoms in total. The van der Waals surface area contributed by atoms with Crippen LogP contribution in [0, 0.1) is 0 Å². The van der Waals surface area contributed by atoms with Crippen molar-refractivity contribution in [2.45, 2.75) is 0 Å². The van der Waals surface area contributed by atoms with Gasteiger partial charge in [0.1, 0.15) is 0 Å². The van der Waals surface area contributed by atoms with Gasteiger partial charge >= 0.3 is 51.1 Å². The second kappa shape index (κ2) is 7.82. The molecule has 0 unspecified atom stereocenters. The summed E-state index contributed by atoms with van der Waals surface area (Å²) in [5.74, 6) is 0.694. The molecule has 0 radical (unpaired) electrons. The third-order valence-corrected chi connectivity index (χ3v) is 0.693. The summed E-state index contributed by atoms with van der Waals surface area (Å²) in [7, 11) is 1.59. The van der Waals surface area contributed by atoms with Crippen LogP contribution in [0.15, 0.2) is 12.5 Å². The fourth-order valence-corrected chi connectivity index (χ4v) is 0.355. The molecule has 1 N–H and O–H groups in total. The summed E-state index contributed by atoms with van der Waals surface area (Å²) in [5.41, 5.74) is 0. The topological polar surface area (TPSA) is 37.9 Å². The molecule has 1 heterocycles. The van der Waals surface area contributed by atoms with Gasteiger partial charge in [0.05, 0.1) is 19.6 Å². The number of aromatic amines is 1. The Hall–Kier alpha value is 1.19. The van der Waals surface area contributed by atoms with Crippen molar-refractivity contribution in [2.75, 3.05) is 7.11 Å². The van der Waals surface area contributed by atoms with Crippen LogP contribution in [0.5, 0.6) is 5.88 Å². The first-order valence-corrected chi connectivity index (χ1v) is 16.5. The minimum absolute atomic E-state index is 0.694. The SMILES string of the molecule is COc1cnc[nH]1.[Br][Au]([Br])[Br]. The van der Waals surface area contributed by atoms with Crippen LogP contribution in [0.25, 0.3) is 0 Å². The average Bonchev–Trinajstić information content (AvgIpc) is 2.36. The van der Waals surface area contributed by atoms with Crippen molar-refractivity contribution < 1.29 is 16.8 Å². The van der Waals surface area contributed by atoms with Gasteiger partial charge in [-0.1, -0.05) is 0 Å². The van der Waals surface area contributed by atoms with E-state index in [-0.39, 0.29) is 0 Å². The van der Waals surface area contributed by atoms with E-state index in [2.05, 4.69) is 49.0 Å². The van der Waals surface area contributed by atoms with E-state index in [1.165, 1.54) is 0 Å². The summed E-state index contributed by atoms with van der Waals surface area (Å²) in [6.45, 7) is 0. The molecular weight excluding hydrogens is 529 g/mol. The van der Waals surface area contributed by atoms with Crippen molar-refractivity contribution in [3.05, 3.63) is 12.5 Å². The summed E-state index contributed by atoms with van der Waals surface area (Å²) >= 11 is 8.99. The summed E-state index contributed by atoms with van der Waals surface area (Å²) in [6, 6.07) is 0. The fraction of sp³-hybridized carbons (Fsp3) is 0.250. The van der Waals surface area contributed by atoms with E-state index in [1.54, 1.807) is 19.6 Å². The van der Waals surface area contributed by atoms with Crippen LogP contribution in [-0.2, 0) is 12.0 Å². The van der Waals surface area contributed by atoms with Gasteiger partial charge in [0.2, 0.25) is 5.88 Å². The van der Waals surface area contributed by atoms with Crippen molar-refractivity contribution in [3.8, 4) is 5.88 Å². The molecule has 11 heavy (non-hydrogen) atoms. The van der Waals surface area contributed by atoms with Gasteiger partial charge in [-0.15, -0.1) is 0 Å². The van der Waals surface area contributed by atoms with Crippen molar-refractivity contribution in [1.29, 1.82) is 0 Å². The van der Waals surface area contributed by atoms with Crippen LogP contribution >= 0.6 is 39.1 Å². The molecule has 0 saturated carbocycles. The van der Waals surface area contributed by atoms with E-state index in [0.29, 0.717) is 5.88 Å². The Kier molecular flexibility index (Phi) is 8.67. The minimum atomic E-state index is -0.766. The number of hydrogen-bond donors (Lipinski definition) is 1. The number of nitrogens with zero attached hydrogens (tertiary/aromatic N) is 1.